The third kappa shape index (κ3) is 10.6. The molecule has 0 aliphatic heterocycles. The van der Waals surface area contributed by atoms with Crippen LogP contribution in [0, 0.1) is 5.82 Å². The Balaban J connectivity index is 0.00000576. The summed E-state index contributed by atoms with van der Waals surface area (Å²) in [5.74, 6) is 0.491. The van der Waals surface area contributed by atoms with Gasteiger partial charge in [-0.2, -0.15) is 0 Å². The summed E-state index contributed by atoms with van der Waals surface area (Å²) in [6.07, 6.45) is 2.78. The zero-order chi connectivity index (χ0) is 17.8. The summed E-state index contributed by atoms with van der Waals surface area (Å²) in [5.41, 5.74) is 0.704. The Labute approximate surface area is 174 Å². The quantitative estimate of drug-likeness (QED) is 0.199. The first-order valence-corrected chi connectivity index (χ1v) is 9.01. The molecule has 0 spiro atoms. The van der Waals surface area contributed by atoms with Gasteiger partial charge in [-0.05, 0) is 37.0 Å². The van der Waals surface area contributed by atoms with Crippen molar-refractivity contribution >= 4 is 51.8 Å². The van der Waals surface area contributed by atoms with Crippen LogP contribution in [0.4, 0.5) is 4.39 Å². The fraction of sp³-hybridized carbons (Fsp3) is 0.529. The van der Waals surface area contributed by atoms with Gasteiger partial charge in [0, 0.05) is 37.6 Å². The summed E-state index contributed by atoms with van der Waals surface area (Å²) in [5, 5.41) is 9.08. The molecule has 142 valence electrons. The van der Waals surface area contributed by atoms with E-state index in [4.69, 9.17) is 0 Å². The van der Waals surface area contributed by atoms with E-state index in [0.717, 1.165) is 17.3 Å². The summed E-state index contributed by atoms with van der Waals surface area (Å²) in [6.45, 7) is 3.93. The van der Waals surface area contributed by atoms with Crippen LogP contribution in [0.2, 0.25) is 0 Å². The number of hydrogen-bond donors (Lipinski definition) is 3. The van der Waals surface area contributed by atoms with E-state index in [9.17, 15) is 9.18 Å². The Morgan fingerprint density at radius 1 is 1.20 bits per heavy atom. The molecule has 0 saturated carbocycles. The van der Waals surface area contributed by atoms with Crippen LogP contribution in [0.1, 0.15) is 31.7 Å². The van der Waals surface area contributed by atoms with Crippen molar-refractivity contribution in [2.45, 2.75) is 32.6 Å². The Morgan fingerprint density at radius 3 is 2.56 bits per heavy atom. The van der Waals surface area contributed by atoms with Gasteiger partial charge in [-0.15, -0.1) is 24.0 Å². The minimum Gasteiger partial charge on any atom is -0.356 e. The molecule has 0 aliphatic carbocycles. The first-order chi connectivity index (χ1) is 11.6. The Kier molecular flexibility index (Phi) is 13.8. The van der Waals surface area contributed by atoms with Crippen LogP contribution in [-0.2, 0) is 11.2 Å². The van der Waals surface area contributed by atoms with Crippen LogP contribution in [0.3, 0.4) is 0 Å². The molecular formula is C17H27BrFIN4O. The van der Waals surface area contributed by atoms with Crippen LogP contribution in [-0.4, -0.2) is 38.5 Å². The number of halogens is 3. The lowest BCUT2D eigenvalue weighted by molar-refractivity contribution is -0.120. The van der Waals surface area contributed by atoms with Crippen LogP contribution in [0.5, 0.6) is 0 Å². The maximum atomic E-state index is 13.7. The monoisotopic (exact) mass is 528 g/mol. The van der Waals surface area contributed by atoms with Crippen LogP contribution in [0.15, 0.2) is 27.7 Å². The topological polar surface area (TPSA) is 65.5 Å². The van der Waals surface area contributed by atoms with Gasteiger partial charge in [0.15, 0.2) is 5.96 Å². The number of amides is 1. The molecule has 1 amide bonds. The normalized spacial score (nSPS) is 10.8. The van der Waals surface area contributed by atoms with Crippen molar-refractivity contribution in [3.05, 3.63) is 34.1 Å². The molecule has 0 heterocycles. The summed E-state index contributed by atoms with van der Waals surface area (Å²) in [4.78, 5) is 15.6. The second-order valence-electron chi connectivity index (χ2n) is 5.37. The molecule has 0 saturated heterocycles. The number of guanidine groups is 1. The molecule has 0 radical (unpaired) electrons. The lowest BCUT2D eigenvalue weighted by Crippen LogP contribution is -2.39. The van der Waals surface area contributed by atoms with E-state index in [2.05, 4.69) is 36.9 Å². The fourth-order valence-corrected chi connectivity index (χ4v) is 2.41. The first-order valence-electron chi connectivity index (χ1n) is 8.22. The van der Waals surface area contributed by atoms with Crippen LogP contribution < -0.4 is 16.0 Å². The minimum atomic E-state index is -0.190. The van der Waals surface area contributed by atoms with Gasteiger partial charge >= 0.3 is 0 Å². The maximum Gasteiger partial charge on any atom is 0.221 e. The summed E-state index contributed by atoms with van der Waals surface area (Å²) >= 11 is 3.25. The van der Waals surface area contributed by atoms with Gasteiger partial charge in [0.2, 0.25) is 5.91 Å². The van der Waals surface area contributed by atoms with Crippen molar-refractivity contribution in [3.8, 4) is 0 Å². The van der Waals surface area contributed by atoms with Gasteiger partial charge in [0.1, 0.15) is 5.82 Å². The fourth-order valence-electron chi connectivity index (χ4n) is 2.08. The molecule has 0 atom stereocenters. The predicted molar refractivity (Wildman–Crippen MR) is 115 cm³/mol. The first kappa shape index (κ1) is 24.1. The molecule has 5 nitrogen and oxygen atoms in total. The van der Waals surface area contributed by atoms with Gasteiger partial charge < -0.3 is 16.0 Å². The second kappa shape index (κ2) is 14.3. The molecular weight excluding hydrogens is 502 g/mol. The molecule has 0 unspecified atom stereocenters. The predicted octanol–water partition coefficient (Wildman–Crippen LogP) is 3.22. The highest BCUT2D eigenvalue weighted by Gasteiger charge is 2.04. The molecule has 0 bridgehead atoms. The van der Waals surface area contributed by atoms with E-state index in [0.29, 0.717) is 44.0 Å². The molecule has 25 heavy (non-hydrogen) atoms. The van der Waals surface area contributed by atoms with Crippen molar-refractivity contribution < 1.29 is 9.18 Å². The standard InChI is InChI=1S/C17H26BrFN4O.HI/c1-3-9-21-16(24)8-11-23-17(20-2)22-10-4-5-13-6-7-14(18)12-15(13)19;/h6-7,12H,3-5,8-11H2,1-2H3,(H,21,24)(H2,20,22,23);1H. The van der Waals surface area contributed by atoms with Crippen molar-refractivity contribution in [2.75, 3.05) is 26.7 Å². The number of aliphatic imine (C=N–C) groups is 1. The van der Waals surface area contributed by atoms with E-state index >= 15 is 0 Å². The minimum absolute atomic E-state index is 0. The Hall–Kier alpha value is -0.900. The zero-order valence-electron chi connectivity index (χ0n) is 14.7. The van der Waals surface area contributed by atoms with Crippen molar-refractivity contribution in [1.82, 2.24) is 16.0 Å². The molecule has 0 aliphatic rings. The average Bonchev–Trinajstić information content (AvgIpc) is 2.56. The van der Waals surface area contributed by atoms with Crippen molar-refractivity contribution in [3.63, 3.8) is 0 Å². The Bertz CT molecular complexity index is 557. The smallest absolute Gasteiger partial charge is 0.221 e. The molecule has 8 heteroatoms. The zero-order valence-corrected chi connectivity index (χ0v) is 18.6. The molecule has 0 fully saturated rings. The molecule has 3 N–H and O–H groups in total. The molecule has 1 rings (SSSR count). The SMILES string of the molecule is CCCNC(=O)CCNC(=NC)NCCCc1ccc(Br)cc1F.I. The average molecular weight is 529 g/mol. The maximum absolute atomic E-state index is 13.7. The number of carbonyl (C=O) groups is 1. The number of nitrogens with one attached hydrogen (secondary N) is 3. The van der Waals surface area contributed by atoms with Crippen LogP contribution >= 0.6 is 39.9 Å². The Morgan fingerprint density at radius 2 is 1.92 bits per heavy atom. The summed E-state index contributed by atoms with van der Waals surface area (Å²) in [7, 11) is 1.68. The van der Waals surface area contributed by atoms with E-state index in [1.807, 2.05) is 13.0 Å². The van der Waals surface area contributed by atoms with Gasteiger partial charge in [-0.25, -0.2) is 4.39 Å². The van der Waals surface area contributed by atoms with Crippen LogP contribution in [0.25, 0.3) is 0 Å². The number of hydrogen-bond acceptors (Lipinski definition) is 2. The number of aryl methyl sites for hydroxylation is 1. The lowest BCUT2D eigenvalue weighted by Gasteiger charge is -2.12. The number of carbonyl (C=O) groups excluding carboxylic acids is 1. The van der Waals surface area contributed by atoms with Crippen molar-refractivity contribution in [1.29, 1.82) is 0 Å². The third-order valence-electron chi connectivity index (χ3n) is 3.37. The second-order valence-corrected chi connectivity index (χ2v) is 6.28. The molecule has 1 aromatic carbocycles. The van der Waals surface area contributed by atoms with Gasteiger partial charge in [0.05, 0.1) is 0 Å². The highest BCUT2D eigenvalue weighted by atomic mass is 127. The van der Waals surface area contributed by atoms with Gasteiger partial charge in [-0.1, -0.05) is 28.9 Å². The lowest BCUT2D eigenvalue weighted by atomic mass is 10.1. The van der Waals surface area contributed by atoms with Gasteiger partial charge in [0.25, 0.3) is 0 Å². The van der Waals surface area contributed by atoms with Gasteiger partial charge in [-0.3, -0.25) is 9.79 Å². The van der Waals surface area contributed by atoms with E-state index in [-0.39, 0.29) is 35.7 Å². The molecule has 1 aromatic rings. The largest absolute Gasteiger partial charge is 0.356 e. The van der Waals surface area contributed by atoms with E-state index < -0.39 is 0 Å². The molecule has 0 aromatic heterocycles. The summed E-state index contributed by atoms with van der Waals surface area (Å²) < 4.78 is 14.5. The third-order valence-corrected chi connectivity index (χ3v) is 3.86. The van der Waals surface area contributed by atoms with E-state index in [1.54, 1.807) is 13.1 Å². The highest BCUT2D eigenvalue weighted by molar-refractivity contribution is 14.0. The van der Waals surface area contributed by atoms with E-state index in [1.165, 1.54) is 6.07 Å². The number of benzene rings is 1. The number of rotatable bonds is 9. The highest BCUT2D eigenvalue weighted by Crippen LogP contribution is 2.16. The summed E-state index contributed by atoms with van der Waals surface area (Å²) in [6, 6.07) is 5.12. The van der Waals surface area contributed by atoms with Crippen molar-refractivity contribution in [2.24, 2.45) is 4.99 Å². The number of nitrogens with zero attached hydrogens (tertiary/aromatic N) is 1.